The standard InChI is InChI=1S/C18H19BrClNO4/c1-24-15-5-2-12(3-6-15)10-25-11-14(22)9-21-18(23)16-8-13(19)4-7-17(16)20/h2-8,14,22H,9-11H2,1H3,(H,21,23). The number of hydrogen-bond donors (Lipinski definition) is 2. The van der Waals surface area contributed by atoms with Crippen molar-refractivity contribution in [2.75, 3.05) is 20.3 Å². The average Bonchev–Trinajstić information content (AvgIpc) is 2.62. The van der Waals surface area contributed by atoms with Gasteiger partial charge in [-0.1, -0.05) is 39.7 Å². The summed E-state index contributed by atoms with van der Waals surface area (Å²) in [6, 6.07) is 12.5. The van der Waals surface area contributed by atoms with Crippen molar-refractivity contribution in [3.05, 3.63) is 63.1 Å². The van der Waals surface area contributed by atoms with E-state index in [9.17, 15) is 9.90 Å². The highest BCUT2D eigenvalue weighted by Crippen LogP contribution is 2.20. The molecular weight excluding hydrogens is 410 g/mol. The number of aliphatic hydroxyl groups excluding tert-OH is 1. The molecule has 0 saturated heterocycles. The summed E-state index contributed by atoms with van der Waals surface area (Å²) in [6.07, 6.45) is -0.812. The Bertz CT molecular complexity index is 709. The van der Waals surface area contributed by atoms with Gasteiger partial charge in [0.1, 0.15) is 5.75 Å². The van der Waals surface area contributed by atoms with Crippen molar-refractivity contribution in [2.45, 2.75) is 12.7 Å². The van der Waals surface area contributed by atoms with Crippen LogP contribution in [0.15, 0.2) is 46.9 Å². The van der Waals surface area contributed by atoms with Crippen LogP contribution < -0.4 is 10.1 Å². The first-order valence-corrected chi connectivity index (χ1v) is 8.78. The molecule has 0 radical (unpaired) electrons. The van der Waals surface area contributed by atoms with E-state index in [1.54, 1.807) is 25.3 Å². The largest absolute Gasteiger partial charge is 0.497 e. The molecule has 0 aliphatic carbocycles. The van der Waals surface area contributed by atoms with Gasteiger partial charge >= 0.3 is 0 Å². The Morgan fingerprint density at radius 2 is 2.00 bits per heavy atom. The van der Waals surface area contributed by atoms with Gasteiger partial charge < -0.3 is 19.9 Å². The van der Waals surface area contributed by atoms with Gasteiger partial charge in [-0.05, 0) is 35.9 Å². The fourth-order valence-corrected chi connectivity index (χ4v) is 2.64. The van der Waals surface area contributed by atoms with Gasteiger partial charge in [-0.15, -0.1) is 0 Å². The van der Waals surface area contributed by atoms with E-state index in [0.29, 0.717) is 17.2 Å². The molecule has 1 atom stereocenters. The minimum Gasteiger partial charge on any atom is -0.497 e. The number of halogens is 2. The van der Waals surface area contributed by atoms with E-state index >= 15 is 0 Å². The van der Waals surface area contributed by atoms with Gasteiger partial charge in [0.05, 0.1) is 37.0 Å². The maximum absolute atomic E-state index is 12.1. The van der Waals surface area contributed by atoms with Crippen LogP contribution in [0.2, 0.25) is 5.02 Å². The molecule has 0 aliphatic rings. The van der Waals surface area contributed by atoms with Crippen molar-refractivity contribution < 1.29 is 19.4 Å². The molecule has 0 heterocycles. The van der Waals surface area contributed by atoms with Gasteiger partial charge in [-0.25, -0.2) is 0 Å². The van der Waals surface area contributed by atoms with E-state index < -0.39 is 6.10 Å². The molecule has 1 amide bonds. The summed E-state index contributed by atoms with van der Waals surface area (Å²) in [7, 11) is 1.61. The van der Waals surface area contributed by atoms with Crippen LogP contribution in [0.25, 0.3) is 0 Å². The molecule has 0 aliphatic heterocycles. The summed E-state index contributed by atoms with van der Waals surface area (Å²) < 4.78 is 11.3. The van der Waals surface area contributed by atoms with Crippen molar-refractivity contribution in [2.24, 2.45) is 0 Å². The van der Waals surface area contributed by atoms with Gasteiger partial charge in [-0.3, -0.25) is 4.79 Å². The van der Waals surface area contributed by atoms with Crippen molar-refractivity contribution in [1.29, 1.82) is 0 Å². The highest BCUT2D eigenvalue weighted by Gasteiger charge is 2.13. The number of aliphatic hydroxyl groups is 1. The fraction of sp³-hybridized carbons (Fsp3) is 0.278. The second kappa shape index (κ2) is 9.77. The second-order valence-corrected chi connectivity index (χ2v) is 6.67. The molecule has 2 rings (SSSR count). The number of carbonyl (C=O) groups is 1. The van der Waals surface area contributed by atoms with E-state index in [4.69, 9.17) is 21.1 Å². The summed E-state index contributed by atoms with van der Waals surface area (Å²) in [5.41, 5.74) is 1.32. The molecule has 134 valence electrons. The van der Waals surface area contributed by atoms with Crippen molar-refractivity contribution in [1.82, 2.24) is 5.32 Å². The molecule has 5 nitrogen and oxygen atoms in total. The topological polar surface area (TPSA) is 67.8 Å². The summed E-state index contributed by atoms with van der Waals surface area (Å²) >= 11 is 9.30. The van der Waals surface area contributed by atoms with Crippen LogP contribution >= 0.6 is 27.5 Å². The lowest BCUT2D eigenvalue weighted by Crippen LogP contribution is -2.34. The summed E-state index contributed by atoms with van der Waals surface area (Å²) in [6.45, 7) is 0.551. The third kappa shape index (κ3) is 6.32. The van der Waals surface area contributed by atoms with Gasteiger partial charge in [0, 0.05) is 11.0 Å². The molecular formula is C18H19BrClNO4. The van der Waals surface area contributed by atoms with Crippen LogP contribution in [0.5, 0.6) is 5.75 Å². The molecule has 1 unspecified atom stereocenters. The monoisotopic (exact) mass is 427 g/mol. The molecule has 2 aromatic rings. The molecule has 25 heavy (non-hydrogen) atoms. The predicted molar refractivity (Wildman–Crippen MR) is 100 cm³/mol. The highest BCUT2D eigenvalue weighted by atomic mass is 79.9. The summed E-state index contributed by atoms with van der Waals surface area (Å²) in [5, 5.41) is 12.9. The van der Waals surface area contributed by atoms with Crippen LogP contribution in [0.4, 0.5) is 0 Å². The Hall–Kier alpha value is -1.60. The average molecular weight is 429 g/mol. The normalized spacial score (nSPS) is 11.8. The van der Waals surface area contributed by atoms with E-state index in [2.05, 4.69) is 21.2 Å². The van der Waals surface area contributed by atoms with Crippen LogP contribution in [-0.2, 0) is 11.3 Å². The van der Waals surface area contributed by atoms with Crippen LogP contribution in [0.1, 0.15) is 15.9 Å². The van der Waals surface area contributed by atoms with Gasteiger partial charge in [0.2, 0.25) is 0 Å². The minimum absolute atomic E-state index is 0.0737. The van der Waals surface area contributed by atoms with E-state index in [1.165, 1.54) is 0 Å². The van der Waals surface area contributed by atoms with E-state index in [1.807, 2.05) is 24.3 Å². The Morgan fingerprint density at radius 1 is 1.28 bits per heavy atom. The van der Waals surface area contributed by atoms with Crippen molar-refractivity contribution in [3.8, 4) is 5.75 Å². The molecule has 0 saturated carbocycles. The predicted octanol–water partition coefficient (Wildman–Crippen LogP) is 3.42. The lowest BCUT2D eigenvalue weighted by atomic mass is 10.2. The van der Waals surface area contributed by atoms with Crippen LogP contribution in [0, 0.1) is 0 Å². The van der Waals surface area contributed by atoms with Gasteiger partial charge in [-0.2, -0.15) is 0 Å². The molecule has 2 N–H and O–H groups in total. The molecule has 0 spiro atoms. The first-order chi connectivity index (χ1) is 12.0. The number of rotatable bonds is 8. The van der Waals surface area contributed by atoms with Crippen molar-refractivity contribution >= 4 is 33.4 Å². The van der Waals surface area contributed by atoms with Gasteiger partial charge in [0.25, 0.3) is 5.91 Å². The number of nitrogens with one attached hydrogen (secondary N) is 1. The van der Waals surface area contributed by atoms with E-state index in [0.717, 1.165) is 15.8 Å². The summed E-state index contributed by atoms with van der Waals surface area (Å²) in [5.74, 6) is 0.429. The SMILES string of the molecule is COc1ccc(COCC(O)CNC(=O)c2cc(Br)ccc2Cl)cc1. The zero-order valence-electron chi connectivity index (χ0n) is 13.7. The maximum Gasteiger partial charge on any atom is 0.252 e. The van der Waals surface area contributed by atoms with Crippen molar-refractivity contribution in [3.63, 3.8) is 0 Å². The Morgan fingerprint density at radius 3 is 2.68 bits per heavy atom. The zero-order chi connectivity index (χ0) is 18.2. The zero-order valence-corrected chi connectivity index (χ0v) is 16.0. The number of amides is 1. The molecule has 0 fully saturated rings. The third-order valence-corrected chi connectivity index (χ3v) is 4.23. The maximum atomic E-state index is 12.1. The fourth-order valence-electron chi connectivity index (χ4n) is 2.07. The first kappa shape index (κ1) is 19.7. The number of carbonyl (C=O) groups excluding carboxylic acids is 1. The number of ether oxygens (including phenoxy) is 2. The summed E-state index contributed by atoms with van der Waals surface area (Å²) in [4.78, 5) is 12.1. The first-order valence-electron chi connectivity index (χ1n) is 7.61. The third-order valence-electron chi connectivity index (χ3n) is 3.41. The second-order valence-electron chi connectivity index (χ2n) is 5.35. The molecule has 7 heteroatoms. The highest BCUT2D eigenvalue weighted by molar-refractivity contribution is 9.10. The number of hydrogen-bond acceptors (Lipinski definition) is 4. The quantitative estimate of drug-likeness (QED) is 0.676. The molecule has 2 aromatic carbocycles. The van der Waals surface area contributed by atoms with Gasteiger partial charge in [0.15, 0.2) is 0 Å². The smallest absolute Gasteiger partial charge is 0.252 e. The molecule has 0 aromatic heterocycles. The Kier molecular flexibility index (Phi) is 7.71. The van der Waals surface area contributed by atoms with Crippen LogP contribution in [0.3, 0.4) is 0 Å². The minimum atomic E-state index is -0.812. The van der Waals surface area contributed by atoms with E-state index in [-0.39, 0.29) is 19.1 Å². The lowest BCUT2D eigenvalue weighted by Gasteiger charge is -2.13. The Balaban J connectivity index is 1.73. The number of methoxy groups -OCH3 is 1. The lowest BCUT2D eigenvalue weighted by molar-refractivity contribution is 0.0285. The molecule has 0 bridgehead atoms. The number of benzene rings is 2. The Labute approximate surface area is 160 Å². The van der Waals surface area contributed by atoms with Crippen LogP contribution in [-0.4, -0.2) is 37.4 Å².